The van der Waals surface area contributed by atoms with Gasteiger partial charge < -0.3 is 10.2 Å². The van der Waals surface area contributed by atoms with Crippen molar-refractivity contribution in [3.63, 3.8) is 0 Å². The zero-order valence-corrected chi connectivity index (χ0v) is 13.0. The van der Waals surface area contributed by atoms with Gasteiger partial charge in [0.2, 0.25) is 5.91 Å². The van der Waals surface area contributed by atoms with E-state index in [0.717, 1.165) is 19.4 Å². The van der Waals surface area contributed by atoms with E-state index >= 15 is 0 Å². The quantitative estimate of drug-likeness (QED) is 0.924. The molecule has 1 N–H and O–H groups in total. The molecule has 0 saturated carbocycles. The Kier molecular flexibility index (Phi) is 4.62. The first-order chi connectivity index (χ1) is 9.88. The van der Waals surface area contributed by atoms with Crippen molar-refractivity contribution in [3.8, 4) is 0 Å². The summed E-state index contributed by atoms with van der Waals surface area (Å²) in [5, 5.41) is 2.59. The van der Waals surface area contributed by atoms with Crippen LogP contribution in [0.2, 0.25) is 0 Å². The maximum absolute atomic E-state index is 12.3. The number of rotatable bonds is 3. The fraction of sp³-hybridized carbons (Fsp3) is 0.429. The van der Waals surface area contributed by atoms with E-state index in [2.05, 4.69) is 9.71 Å². The molecule has 0 spiro atoms. The Morgan fingerprint density at radius 2 is 1.90 bits per heavy atom. The van der Waals surface area contributed by atoms with Crippen molar-refractivity contribution >= 4 is 27.5 Å². The number of likely N-dealkylation sites (tertiary alicyclic amines) is 1. The van der Waals surface area contributed by atoms with Crippen LogP contribution in [0.4, 0.5) is 5.69 Å². The summed E-state index contributed by atoms with van der Waals surface area (Å²) in [7, 11) is -1.85. The number of carbonyl (C=O) groups excluding carboxylic acids is 1. The summed E-state index contributed by atoms with van der Waals surface area (Å²) < 4.78 is 28.5. The highest BCUT2D eigenvalue weighted by Crippen LogP contribution is 2.19. The summed E-state index contributed by atoms with van der Waals surface area (Å²) in [6.45, 7) is 2.23. The van der Waals surface area contributed by atoms with Crippen molar-refractivity contribution < 1.29 is 13.2 Å². The zero-order valence-electron chi connectivity index (χ0n) is 12.2. The van der Waals surface area contributed by atoms with Crippen LogP contribution in [-0.4, -0.2) is 38.7 Å². The molecule has 114 valence electrons. The van der Waals surface area contributed by atoms with Crippen LogP contribution in [0.25, 0.3) is 0 Å². The molecule has 1 fully saturated rings. The van der Waals surface area contributed by atoms with Gasteiger partial charge >= 0.3 is 0 Å². The highest BCUT2D eigenvalue weighted by Gasteiger charge is 2.18. The molecule has 1 aliphatic rings. The number of nitrogens with one attached hydrogen (secondary N) is 1. The summed E-state index contributed by atoms with van der Waals surface area (Å²) in [6.07, 6.45) is 2.70. The van der Waals surface area contributed by atoms with Crippen LogP contribution in [0.1, 0.15) is 26.2 Å². The third kappa shape index (κ3) is 4.04. The van der Waals surface area contributed by atoms with Crippen LogP contribution >= 0.6 is 0 Å². The minimum absolute atomic E-state index is 0.128. The molecule has 0 unspecified atom stereocenters. The Labute approximate surface area is 124 Å². The monoisotopic (exact) mass is 309 g/mol. The Morgan fingerprint density at radius 3 is 2.48 bits per heavy atom. The molecule has 0 bridgehead atoms. The second-order valence-electron chi connectivity index (χ2n) is 5.07. The van der Waals surface area contributed by atoms with Gasteiger partial charge in [-0.3, -0.25) is 4.79 Å². The van der Waals surface area contributed by atoms with E-state index in [0.29, 0.717) is 17.9 Å². The largest absolute Gasteiger partial charge is 0.362 e. The third-order valence-electron chi connectivity index (χ3n) is 3.28. The molecular formula is C14H19N3O3S. The highest BCUT2D eigenvalue weighted by molar-refractivity contribution is 7.90. The first-order valence-electron chi connectivity index (χ1n) is 6.81. The lowest BCUT2D eigenvalue weighted by atomic mass is 10.1. The molecule has 1 aliphatic heterocycles. The lowest BCUT2D eigenvalue weighted by Crippen LogP contribution is -2.32. The molecule has 0 aromatic heterocycles. The van der Waals surface area contributed by atoms with E-state index in [9.17, 15) is 13.2 Å². The fourth-order valence-electron chi connectivity index (χ4n) is 2.17. The summed E-state index contributed by atoms with van der Waals surface area (Å²) in [6, 6.07) is 6.01. The lowest BCUT2D eigenvalue weighted by Gasteiger charge is -2.25. The van der Waals surface area contributed by atoms with Gasteiger partial charge in [0.25, 0.3) is 10.0 Å². The van der Waals surface area contributed by atoms with Crippen LogP contribution in [0.15, 0.2) is 33.6 Å². The van der Waals surface area contributed by atoms with Crippen molar-refractivity contribution in [2.45, 2.75) is 31.1 Å². The van der Waals surface area contributed by atoms with Gasteiger partial charge in [-0.15, -0.1) is 4.40 Å². The first kappa shape index (κ1) is 15.5. The topological polar surface area (TPSA) is 78.8 Å². The molecule has 1 aromatic carbocycles. The van der Waals surface area contributed by atoms with Crippen LogP contribution in [0, 0.1) is 0 Å². The molecule has 1 saturated heterocycles. The van der Waals surface area contributed by atoms with Gasteiger partial charge in [0, 0.05) is 32.6 Å². The molecule has 7 heteroatoms. The van der Waals surface area contributed by atoms with Crippen molar-refractivity contribution in [2.75, 3.05) is 18.9 Å². The molecule has 21 heavy (non-hydrogen) atoms. The van der Waals surface area contributed by atoms with E-state index in [1.807, 2.05) is 11.9 Å². The maximum atomic E-state index is 12.3. The fourth-order valence-corrected chi connectivity index (χ4v) is 3.27. The number of hydrogen-bond acceptors (Lipinski definition) is 3. The van der Waals surface area contributed by atoms with Crippen molar-refractivity contribution in [3.05, 3.63) is 24.3 Å². The van der Waals surface area contributed by atoms with E-state index in [-0.39, 0.29) is 10.8 Å². The molecule has 1 heterocycles. The Bertz CT molecular complexity index is 651. The molecule has 0 aliphatic carbocycles. The SMILES string of the molecule is CC(=O)Nc1ccc(S(=O)(=O)N=C2CCCCN2C)cc1. The standard InChI is InChI=1S/C14H19N3O3S/c1-11(18)15-12-6-8-13(9-7-12)21(19,20)16-14-5-3-4-10-17(14)2/h6-9H,3-5,10H2,1-2H3,(H,15,18). The number of piperidine rings is 1. The summed E-state index contributed by atoms with van der Waals surface area (Å²) in [5.74, 6) is 0.405. The molecule has 1 amide bonds. The molecule has 6 nitrogen and oxygen atoms in total. The minimum atomic E-state index is -3.70. The second kappa shape index (κ2) is 6.26. The number of benzene rings is 1. The molecular weight excluding hydrogens is 290 g/mol. The van der Waals surface area contributed by atoms with E-state index in [1.54, 1.807) is 12.1 Å². The van der Waals surface area contributed by atoms with E-state index in [1.165, 1.54) is 19.1 Å². The summed E-state index contributed by atoms with van der Waals surface area (Å²) in [4.78, 5) is 12.9. The molecule has 0 radical (unpaired) electrons. The number of sulfonamides is 1. The number of amidine groups is 1. The molecule has 0 atom stereocenters. The van der Waals surface area contributed by atoms with E-state index in [4.69, 9.17) is 0 Å². The summed E-state index contributed by atoms with van der Waals surface area (Å²) >= 11 is 0. The summed E-state index contributed by atoms with van der Waals surface area (Å²) in [5.41, 5.74) is 0.559. The van der Waals surface area contributed by atoms with Gasteiger partial charge in [0.05, 0.1) is 4.90 Å². The van der Waals surface area contributed by atoms with Crippen LogP contribution in [-0.2, 0) is 14.8 Å². The average Bonchev–Trinajstić information content (AvgIpc) is 2.41. The number of nitrogens with zero attached hydrogens (tertiary/aromatic N) is 2. The average molecular weight is 309 g/mol. The predicted molar refractivity (Wildman–Crippen MR) is 81.8 cm³/mol. The van der Waals surface area contributed by atoms with Gasteiger partial charge in [0.1, 0.15) is 5.84 Å². The Balaban J connectivity index is 2.23. The molecule has 1 aromatic rings. The van der Waals surface area contributed by atoms with Gasteiger partial charge in [-0.2, -0.15) is 8.42 Å². The van der Waals surface area contributed by atoms with Crippen LogP contribution < -0.4 is 5.32 Å². The number of amides is 1. The normalized spacial score (nSPS) is 17.8. The molecule has 2 rings (SSSR count). The van der Waals surface area contributed by atoms with Crippen LogP contribution in [0.3, 0.4) is 0 Å². The van der Waals surface area contributed by atoms with Crippen molar-refractivity contribution in [2.24, 2.45) is 4.40 Å². The number of hydrogen-bond donors (Lipinski definition) is 1. The zero-order chi connectivity index (χ0) is 15.5. The van der Waals surface area contributed by atoms with E-state index < -0.39 is 10.0 Å². The number of anilines is 1. The Morgan fingerprint density at radius 1 is 1.24 bits per heavy atom. The van der Waals surface area contributed by atoms with Crippen molar-refractivity contribution in [1.82, 2.24) is 4.90 Å². The lowest BCUT2D eigenvalue weighted by molar-refractivity contribution is -0.114. The highest BCUT2D eigenvalue weighted by atomic mass is 32.2. The predicted octanol–water partition coefficient (Wildman–Crippen LogP) is 1.85. The third-order valence-corrected chi connectivity index (χ3v) is 4.60. The van der Waals surface area contributed by atoms with Gasteiger partial charge in [-0.1, -0.05) is 0 Å². The minimum Gasteiger partial charge on any atom is -0.362 e. The smallest absolute Gasteiger partial charge is 0.283 e. The number of carbonyl (C=O) groups is 1. The van der Waals surface area contributed by atoms with Gasteiger partial charge in [0.15, 0.2) is 0 Å². The second-order valence-corrected chi connectivity index (χ2v) is 6.67. The van der Waals surface area contributed by atoms with Gasteiger partial charge in [-0.05, 0) is 37.1 Å². The maximum Gasteiger partial charge on any atom is 0.283 e. The van der Waals surface area contributed by atoms with Crippen molar-refractivity contribution in [1.29, 1.82) is 0 Å². The first-order valence-corrected chi connectivity index (χ1v) is 8.25. The van der Waals surface area contributed by atoms with Crippen LogP contribution in [0.5, 0.6) is 0 Å². The van der Waals surface area contributed by atoms with Gasteiger partial charge in [-0.25, -0.2) is 0 Å². The Hall–Kier alpha value is -1.89.